The van der Waals surface area contributed by atoms with Crippen LogP contribution < -0.4 is 5.32 Å². The molecule has 0 fully saturated rings. The minimum absolute atomic E-state index is 0.138. The van der Waals surface area contributed by atoms with Crippen molar-refractivity contribution in [2.45, 2.75) is 37.8 Å². The standard InChI is InChI=1S/C21H23Cl3N2O2S/c1-3-25-21(28)14(2)26(13-17-18(23)5-4-6-19(17)24)20(27)11-12-29-16-9-7-15(22)8-10-16/h4-10,14H,3,11-13H2,1-2H3,(H,25,28)/t14-/m0/s1. The highest BCUT2D eigenvalue weighted by Crippen LogP contribution is 2.27. The van der Waals surface area contributed by atoms with Crippen LogP contribution in [0.2, 0.25) is 15.1 Å². The highest BCUT2D eigenvalue weighted by molar-refractivity contribution is 7.99. The van der Waals surface area contributed by atoms with Crippen LogP contribution in [0.25, 0.3) is 0 Å². The Balaban J connectivity index is 2.11. The third-order valence-electron chi connectivity index (χ3n) is 4.31. The van der Waals surface area contributed by atoms with Gasteiger partial charge in [-0.05, 0) is 50.2 Å². The fourth-order valence-electron chi connectivity index (χ4n) is 2.69. The number of likely N-dealkylation sites (N-methyl/N-ethyl adjacent to an activating group) is 1. The molecule has 0 aliphatic rings. The van der Waals surface area contributed by atoms with E-state index in [0.29, 0.717) is 32.9 Å². The van der Waals surface area contributed by atoms with Crippen molar-refractivity contribution in [1.82, 2.24) is 10.2 Å². The molecule has 0 heterocycles. The van der Waals surface area contributed by atoms with Crippen molar-refractivity contribution in [2.24, 2.45) is 0 Å². The van der Waals surface area contributed by atoms with Gasteiger partial charge in [0, 0.05) is 50.8 Å². The number of thioether (sulfide) groups is 1. The zero-order valence-corrected chi connectivity index (χ0v) is 19.3. The summed E-state index contributed by atoms with van der Waals surface area (Å²) in [5.74, 6) is 0.227. The predicted octanol–water partition coefficient (Wildman–Crippen LogP) is 5.68. The number of rotatable bonds is 9. The van der Waals surface area contributed by atoms with Gasteiger partial charge in [0.05, 0.1) is 0 Å². The largest absolute Gasteiger partial charge is 0.355 e. The molecule has 0 spiro atoms. The number of hydrogen-bond donors (Lipinski definition) is 1. The third kappa shape index (κ3) is 7.10. The molecule has 4 nitrogen and oxygen atoms in total. The Morgan fingerprint density at radius 2 is 1.69 bits per heavy atom. The quantitative estimate of drug-likeness (QED) is 0.476. The van der Waals surface area contributed by atoms with E-state index in [9.17, 15) is 9.59 Å². The van der Waals surface area contributed by atoms with Crippen LogP contribution in [0.3, 0.4) is 0 Å². The zero-order valence-electron chi connectivity index (χ0n) is 16.3. The topological polar surface area (TPSA) is 49.4 Å². The van der Waals surface area contributed by atoms with Gasteiger partial charge in [-0.2, -0.15) is 0 Å². The number of nitrogens with zero attached hydrogens (tertiary/aromatic N) is 1. The van der Waals surface area contributed by atoms with Crippen molar-refractivity contribution in [1.29, 1.82) is 0 Å². The molecular weight excluding hydrogens is 451 g/mol. The van der Waals surface area contributed by atoms with Crippen molar-refractivity contribution in [2.75, 3.05) is 12.3 Å². The van der Waals surface area contributed by atoms with Crippen LogP contribution in [0.15, 0.2) is 47.4 Å². The van der Waals surface area contributed by atoms with Crippen LogP contribution in [0, 0.1) is 0 Å². The number of nitrogens with one attached hydrogen (secondary N) is 1. The molecule has 29 heavy (non-hydrogen) atoms. The van der Waals surface area contributed by atoms with Crippen LogP contribution in [0.4, 0.5) is 0 Å². The lowest BCUT2D eigenvalue weighted by Gasteiger charge is -2.29. The second-order valence-corrected chi connectivity index (χ2v) is 8.76. The van der Waals surface area contributed by atoms with Gasteiger partial charge >= 0.3 is 0 Å². The molecule has 2 aromatic rings. The average molecular weight is 474 g/mol. The van der Waals surface area contributed by atoms with Gasteiger partial charge in [0.15, 0.2) is 0 Å². The minimum Gasteiger partial charge on any atom is -0.355 e. The zero-order chi connectivity index (χ0) is 21.4. The number of carbonyl (C=O) groups excluding carboxylic acids is 2. The number of amides is 2. The number of benzene rings is 2. The molecule has 2 rings (SSSR count). The summed E-state index contributed by atoms with van der Waals surface area (Å²) in [7, 11) is 0. The molecule has 156 valence electrons. The molecule has 0 bridgehead atoms. The first-order chi connectivity index (χ1) is 13.8. The average Bonchev–Trinajstić information content (AvgIpc) is 2.69. The summed E-state index contributed by atoms with van der Waals surface area (Å²) in [6, 6.07) is 12.0. The van der Waals surface area contributed by atoms with E-state index >= 15 is 0 Å². The fourth-order valence-corrected chi connectivity index (χ4v) is 4.17. The Morgan fingerprint density at radius 3 is 2.28 bits per heavy atom. The molecule has 8 heteroatoms. The molecule has 0 saturated carbocycles. The van der Waals surface area contributed by atoms with Crippen molar-refractivity contribution in [3.05, 3.63) is 63.1 Å². The molecule has 0 aliphatic heterocycles. The van der Waals surface area contributed by atoms with Crippen LogP contribution in [0.5, 0.6) is 0 Å². The molecule has 0 saturated heterocycles. The maximum atomic E-state index is 13.0. The van der Waals surface area contributed by atoms with Crippen LogP contribution >= 0.6 is 46.6 Å². The van der Waals surface area contributed by atoms with E-state index in [2.05, 4.69) is 5.32 Å². The maximum Gasteiger partial charge on any atom is 0.242 e. The van der Waals surface area contributed by atoms with E-state index in [1.807, 2.05) is 31.2 Å². The maximum absolute atomic E-state index is 13.0. The van der Waals surface area contributed by atoms with Crippen LogP contribution in [0.1, 0.15) is 25.8 Å². The highest BCUT2D eigenvalue weighted by atomic mass is 35.5. The van der Waals surface area contributed by atoms with Crippen LogP contribution in [-0.4, -0.2) is 35.1 Å². The molecule has 0 aromatic heterocycles. The minimum atomic E-state index is -0.643. The summed E-state index contributed by atoms with van der Waals surface area (Å²) in [5.41, 5.74) is 0.630. The predicted molar refractivity (Wildman–Crippen MR) is 122 cm³/mol. The second-order valence-electron chi connectivity index (χ2n) is 6.34. The van der Waals surface area contributed by atoms with E-state index in [1.54, 1.807) is 36.9 Å². The summed E-state index contributed by atoms with van der Waals surface area (Å²) in [5, 5.41) is 4.37. The highest BCUT2D eigenvalue weighted by Gasteiger charge is 2.26. The first kappa shape index (κ1) is 23.9. The van der Waals surface area contributed by atoms with E-state index < -0.39 is 6.04 Å². The normalized spacial score (nSPS) is 11.8. The molecule has 0 unspecified atom stereocenters. The Morgan fingerprint density at radius 1 is 1.07 bits per heavy atom. The first-order valence-corrected chi connectivity index (χ1v) is 11.3. The van der Waals surface area contributed by atoms with Gasteiger partial charge < -0.3 is 10.2 Å². The summed E-state index contributed by atoms with van der Waals surface area (Å²) >= 11 is 20.0. The van der Waals surface area contributed by atoms with E-state index in [4.69, 9.17) is 34.8 Å². The molecular formula is C21H23Cl3N2O2S. The van der Waals surface area contributed by atoms with Gasteiger partial charge in [0.2, 0.25) is 11.8 Å². The van der Waals surface area contributed by atoms with E-state index in [-0.39, 0.29) is 24.8 Å². The van der Waals surface area contributed by atoms with E-state index in [0.717, 1.165) is 4.90 Å². The van der Waals surface area contributed by atoms with Gasteiger partial charge in [0.25, 0.3) is 0 Å². The number of halogens is 3. The lowest BCUT2D eigenvalue weighted by molar-refractivity contribution is -0.140. The summed E-state index contributed by atoms with van der Waals surface area (Å²) in [4.78, 5) is 27.9. The van der Waals surface area contributed by atoms with Crippen LogP contribution in [-0.2, 0) is 16.1 Å². The SMILES string of the molecule is CCNC(=O)[C@H](C)N(Cc1c(Cl)cccc1Cl)C(=O)CCSc1ccc(Cl)cc1. The molecule has 2 amide bonds. The van der Waals surface area contributed by atoms with Gasteiger partial charge in [0.1, 0.15) is 6.04 Å². The molecule has 0 aliphatic carbocycles. The lowest BCUT2D eigenvalue weighted by Crippen LogP contribution is -2.47. The smallest absolute Gasteiger partial charge is 0.242 e. The number of carbonyl (C=O) groups is 2. The van der Waals surface area contributed by atoms with Crippen molar-refractivity contribution in [3.63, 3.8) is 0 Å². The molecule has 2 aromatic carbocycles. The molecule has 0 radical (unpaired) electrons. The second kappa shape index (κ2) is 11.7. The Kier molecular flexibility index (Phi) is 9.63. The Hall–Kier alpha value is -1.40. The Bertz CT molecular complexity index is 826. The summed E-state index contributed by atoms with van der Waals surface area (Å²) in [6.45, 7) is 4.20. The fraction of sp³-hybridized carbons (Fsp3) is 0.333. The van der Waals surface area contributed by atoms with Crippen molar-refractivity contribution < 1.29 is 9.59 Å². The first-order valence-electron chi connectivity index (χ1n) is 9.22. The van der Waals surface area contributed by atoms with Crippen molar-refractivity contribution in [3.8, 4) is 0 Å². The van der Waals surface area contributed by atoms with E-state index in [1.165, 1.54) is 4.90 Å². The van der Waals surface area contributed by atoms with Crippen molar-refractivity contribution >= 4 is 58.4 Å². The van der Waals surface area contributed by atoms with Gasteiger partial charge in [-0.3, -0.25) is 9.59 Å². The van der Waals surface area contributed by atoms with Gasteiger partial charge in [-0.15, -0.1) is 11.8 Å². The third-order valence-corrected chi connectivity index (χ3v) is 6.28. The molecule has 1 N–H and O–H groups in total. The van der Waals surface area contributed by atoms with Gasteiger partial charge in [-0.1, -0.05) is 40.9 Å². The lowest BCUT2D eigenvalue weighted by atomic mass is 10.1. The van der Waals surface area contributed by atoms with Gasteiger partial charge in [-0.25, -0.2) is 0 Å². The number of hydrogen-bond acceptors (Lipinski definition) is 3. The molecule has 1 atom stereocenters. The monoisotopic (exact) mass is 472 g/mol. The Labute approximate surface area is 190 Å². The summed E-state index contributed by atoms with van der Waals surface area (Å²) < 4.78 is 0. The summed E-state index contributed by atoms with van der Waals surface area (Å²) in [6.07, 6.45) is 0.277.